The Morgan fingerprint density at radius 3 is 2.63 bits per heavy atom. The number of oxazole rings is 1. The predicted molar refractivity (Wildman–Crippen MR) is 78.8 cm³/mol. The molecule has 0 radical (unpaired) electrons. The second kappa shape index (κ2) is 5.15. The molecule has 0 aliphatic carbocycles. The van der Waals surface area contributed by atoms with Crippen molar-refractivity contribution in [2.24, 2.45) is 5.73 Å². The van der Waals surface area contributed by atoms with Gasteiger partial charge in [-0.05, 0) is 23.8 Å². The molecule has 0 saturated carbocycles. The van der Waals surface area contributed by atoms with Crippen LogP contribution < -0.4 is 5.73 Å². The van der Waals surface area contributed by atoms with E-state index in [1.807, 2.05) is 48.5 Å². The Morgan fingerprint density at radius 1 is 1.11 bits per heavy atom. The number of halogens is 1. The Labute approximate surface area is 119 Å². The summed E-state index contributed by atoms with van der Waals surface area (Å²) < 4.78 is 6.71. The van der Waals surface area contributed by atoms with Gasteiger partial charge in [0.1, 0.15) is 5.52 Å². The molecule has 3 aromatic rings. The lowest BCUT2D eigenvalue weighted by Crippen LogP contribution is -2.14. The number of aromatic nitrogens is 1. The third kappa shape index (κ3) is 2.55. The van der Waals surface area contributed by atoms with E-state index in [9.17, 15) is 0 Å². The Kier molecular flexibility index (Phi) is 3.36. The Balaban J connectivity index is 1.86. The van der Waals surface area contributed by atoms with E-state index >= 15 is 0 Å². The van der Waals surface area contributed by atoms with Gasteiger partial charge in [-0.1, -0.05) is 46.3 Å². The van der Waals surface area contributed by atoms with Gasteiger partial charge < -0.3 is 10.2 Å². The van der Waals surface area contributed by atoms with E-state index in [0.29, 0.717) is 12.3 Å². The third-order valence-corrected chi connectivity index (χ3v) is 3.76. The fourth-order valence-electron chi connectivity index (χ4n) is 2.08. The van der Waals surface area contributed by atoms with Crippen LogP contribution in [0, 0.1) is 0 Å². The van der Waals surface area contributed by atoms with Crippen LogP contribution in [0.15, 0.2) is 57.4 Å². The minimum Gasteiger partial charge on any atom is -0.441 e. The smallest absolute Gasteiger partial charge is 0.197 e. The van der Waals surface area contributed by atoms with E-state index in [1.54, 1.807) is 0 Å². The summed E-state index contributed by atoms with van der Waals surface area (Å²) in [6.45, 7) is 0. The van der Waals surface area contributed by atoms with E-state index in [4.69, 9.17) is 10.2 Å². The summed E-state index contributed by atoms with van der Waals surface area (Å²) in [4.78, 5) is 4.45. The molecule has 0 bridgehead atoms. The number of hydrogen-bond donors (Lipinski definition) is 1. The first kappa shape index (κ1) is 12.4. The average Bonchev–Trinajstić information content (AvgIpc) is 2.81. The molecule has 0 amide bonds. The molecule has 0 aliphatic rings. The summed E-state index contributed by atoms with van der Waals surface area (Å²) in [6, 6.07) is 15.5. The number of rotatable bonds is 3. The van der Waals surface area contributed by atoms with Crippen molar-refractivity contribution in [1.82, 2.24) is 4.98 Å². The first-order valence-corrected chi connectivity index (χ1v) is 6.88. The largest absolute Gasteiger partial charge is 0.441 e. The molecule has 1 heterocycles. The summed E-state index contributed by atoms with van der Waals surface area (Å²) in [7, 11) is 0. The van der Waals surface area contributed by atoms with Gasteiger partial charge in [-0.25, -0.2) is 4.98 Å². The third-order valence-electron chi connectivity index (χ3n) is 3.04. The van der Waals surface area contributed by atoms with Crippen molar-refractivity contribution in [1.29, 1.82) is 0 Å². The number of benzene rings is 2. The Morgan fingerprint density at radius 2 is 1.84 bits per heavy atom. The van der Waals surface area contributed by atoms with Crippen LogP contribution in [0.5, 0.6) is 0 Å². The maximum Gasteiger partial charge on any atom is 0.197 e. The second-order valence-electron chi connectivity index (χ2n) is 4.41. The molecule has 2 aromatic carbocycles. The SMILES string of the molecule is NC(Cc1nc2ccccc2o1)c1ccccc1Br. The molecule has 4 heteroatoms. The van der Waals surface area contributed by atoms with Crippen molar-refractivity contribution < 1.29 is 4.42 Å². The lowest BCUT2D eigenvalue weighted by atomic mass is 10.1. The molecule has 3 rings (SSSR count). The van der Waals surface area contributed by atoms with Crippen molar-refractivity contribution >= 4 is 27.0 Å². The molecule has 0 fully saturated rings. The summed E-state index contributed by atoms with van der Waals surface area (Å²) in [5.41, 5.74) is 8.95. The lowest BCUT2D eigenvalue weighted by Gasteiger charge is -2.11. The van der Waals surface area contributed by atoms with Crippen molar-refractivity contribution in [3.05, 3.63) is 64.5 Å². The zero-order valence-electron chi connectivity index (χ0n) is 10.2. The number of nitrogens with two attached hydrogens (primary N) is 1. The summed E-state index contributed by atoms with van der Waals surface area (Å²) >= 11 is 3.51. The van der Waals surface area contributed by atoms with Crippen LogP contribution in [0.25, 0.3) is 11.1 Å². The molecule has 0 aliphatic heterocycles. The number of para-hydroxylation sites is 2. The van der Waals surface area contributed by atoms with E-state index < -0.39 is 0 Å². The van der Waals surface area contributed by atoms with E-state index in [-0.39, 0.29) is 6.04 Å². The van der Waals surface area contributed by atoms with Gasteiger partial charge in [0.2, 0.25) is 0 Å². The van der Waals surface area contributed by atoms with E-state index in [1.165, 1.54) is 0 Å². The quantitative estimate of drug-likeness (QED) is 0.798. The van der Waals surface area contributed by atoms with Gasteiger partial charge in [0.15, 0.2) is 11.5 Å². The second-order valence-corrected chi connectivity index (χ2v) is 5.26. The standard InChI is InChI=1S/C15H13BrN2O/c16-11-6-2-1-5-10(11)12(17)9-15-18-13-7-3-4-8-14(13)19-15/h1-8,12H,9,17H2. The van der Waals surface area contributed by atoms with Crippen LogP contribution in [-0.4, -0.2) is 4.98 Å². The molecule has 0 saturated heterocycles. The van der Waals surface area contributed by atoms with Gasteiger partial charge >= 0.3 is 0 Å². The zero-order valence-corrected chi connectivity index (χ0v) is 11.8. The average molecular weight is 317 g/mol. The van der Waals surface area contributed by atoms with Crippen LogP contribution in [0.4, 0.5) is 0 Å². The first-order valence-electron chi connectivity index (χ1n) is 6.08. The number of fused-ring (bicyclic) bond motifs is 1. The molecule has 3 nitrogen and oxygen atoms in total. The maximum atomic E-state index is 6.22. The molecular formula is C15H13BrN2O. The van der Waals surface area contributed by atoms with Crippen LogP contribution in [0.3, 0.4) is 0 Å². The van der Waals surface area contributed by atoms with Crippen molar-refractivity contribution in [3.8, 4) is 0 Å². The lowest BCUT2D eigenvalue weighted by molar-refractivity contribution is 0.502. The highest BCUT2D eigenvalue weighted by molar-refractivity contribution is 9.10. The minimum absolute atomic E-state index is 0.136. The molecule has 1 unspecified atom stereocenters. The van der Waals surface area contributed by atoms with Gasteiger partial charge in [0, 0.05) is 16.9 Å². The molecule has 1 atom stereocenters. The van der Waals surface area contributed by atoms with Gasteiger partial charge in [-0.3, -0.25) is 0 Å². The molecule has 1 aromatic heterocycles. The van der Waals surface area contributed by atoms with Crippen LogP contribution in [-0.2, 0) is 6.42 Å². The summed E-state index contributed by atoms with van der Waals surface area (Å²) in [5.74, 6) is 0.671. The highest BCUT2D eigenvalue weighted by Gasteiger charge is 2.14. The molecule has 96 valence electrons. The first-order chi connectivity index (χ1) is 9.24. The summed E-state index contributed by atoms with van der Waals surface area (Å²) in [5, 5.41) is 0. The van der Waals surface area contributed by atoms with Gasteiger partial charge in [0.25, 0.3) is 0 Å². The fourth-order valence-corrected chi connectivity index (χ4v) is 2.66. The maximum absolute atomic E-state index is 6.22. The van der Waals surface area contributed by atoms with Gasteiger partial charge in [-0.15, -0.1) is 0 Å². The van der Waals surface area contributed by atoms with E-state index in [2.05, 4.69) is 20.9 Å². The Hall–Kier alpha value is -1.65. The normalized spacial score (nSPS) is 12.7. The van der Waals surface area contributed by atoms with Crippen molar-refractivity contribution in [2.45, 2.75) is 12.5 Å². The zero-order chi connectivity index (χ0) is 13.2. The molecular weight excluding hydrogens is 304 g/mol. The van der Waals surface area contributed by atoms with Crippen molar-refractivity contribution in [3.63, 3.8) is 0 Å². The van der Waals surface area contributed by atoms with Crippen molar-refractivity contribution in [2.75, 3.05) is 0 Å². The fraction of sp³-hybridized carbons (Fsp3) is 0.133. The topological polar surface area (TPSA) is 52.0 Å². The molecule has 0 spiro atoms. The molecule has 2 N–H and O–H groups in total. The highest BCUT2D eigenvalue weighted by atomic mass is 79.9. The Bertz CT molecular complexity index is 675. The number of nitrogens with zero attached hydrogens (tertiary/aromatic N) is 1. The van der Waals surface area contributed by atoms with Crippen LogP contribution >= 0.6 is 15.9 Å². The van der Waals surface area contributed by atoms with Gasteiger partial charge in [-0.2, -0.15) is 0 Å². The van der Waals surface area contributed by atoms with Gasteiger partial charge in [0.05, 0.1) is 0 Å². The van der Waals surface area contributed by atoms with Crippen LogP contribution in [0.1, 0.15) is 17.5 Å². The van der Waals surface area contributed by atoms with E-state index in [0.717, 1.165) is 21.1 Å². The monoisotopic (exact) mass is 316 g/mol. The predicted octanol–water partition coefficient (Wildman–Crippen LogP) is 3.83. The molecule has 19 heavy (non-hydrogen) atoms. The van der Waals surface area contributed by atoms with Crippen LogP contribution in [0.2, 0.25) is 0 Å². The summed E-state index contributed by atoms with van der Waals surface area (Å²) in [6.07, 6.45) is 0.581. The highest BCUT2D eigenvalue weighted by Crippen LogP contribution is 2.25. The number of hydrogen-bond acceptors (Lipinski definition) is 3. The minimum atomic E-state index is -0.136.